The van der Waals surface area contributed by atoms with E-state index in [0.717, 1.165) is 42.6 Å². The van der Waals surface area contributed by atoms with Gasteiger partial charge in [-0.15, -0.1) is 0 Å². The van der Waals surface area contributed by atoms with E-state index in [9.17, 15) is 9.59 Å². The van der Waals surface area contributed by atoms with Crippen molar-refractivity contribution in [1.82, 2.24) is 20.0 Å². The minimum absolute atomic E-state index is 0.000577. The summed E-state index contributed by atoms with van der Waals surface area (Å²) in [6.45, 7) is 13.0. The molecule has 1 heterocycles. The lowest BCUT2D eigenvalue weighted by molar-refractivity contribution is -0.116. The third-order valence-electron chi connectivity index (χ3n) is 6.13. The van der Waals surface area contributed by atoms with Gasteiger partial charge in [0.25, 0.3) is 0 Å². The molecule has 0 saturated heterocycles. The van der Waals surface area contributed by atoms with Crippen LogP contribution in [0.2, 0.25) is 0 Å². The van der Waals surface area contributed by atoms with Crippen LogP contribution in [0.5, 0.6) is 0 Å². The topological polar surface area (TPSA) is 79.3 Å². The monoisotopic (exact) mass is 467 g/mol. The minimum atomic E-state index is -0.228. The van der Waals surface area contributed by atoms with Gasteiger partial charge in [0.05, 0.1) is 11.4 Å². The van der Waals surface area contributed by atoms with Crippen molar-refractivity contribution in [2.45, 2.75) is 85.1 Å². The Balaban J connectivity index is 1.78. The molecule has 1 saturated carbocycles. The molecule has 2 N–H and O–H groups in total. The van der Waals surface area contributed by atoms with Crippen LogP contribution in [-0.2, 0) is 10.2 Å². The molecule has 0 atom stereocenters. The number of carbonyl (C=O) groups is 2. The number of nitrogens with zero attached hydrogens (tertiary/aromatic N) is 3. The first-order valence-corrected chi connectivity index (χ1v) is 12.6. The number of amides is 3. The number of hydrogen-bond donors (Lipinski definition) is 2. The van der Waals surface area contributed by atoms with E-state index < -0.39 is 0 Å². The highest BCUT2D eigenvalue weighted by Gasteiger charge is 2.25. The number of carbonyl (C=O) groups excluding carboxylic acids is 2. The van der Waals surface area contributed by atoms with Crippen LogP contribution in [0.4, 0.5) is 10.6 Å². The van der Waals surface area contributed by atoms with Crippen LogP contribution in [0, 0.1) is 12.8 Å². The van der Waals surface area contributed by atoms with E-state index in [1.807, 2.05) is 37.3 Å². The SMILES string of the molecule is Cc1cccc(-n2nc(C(C)(C)C)cc2NC(=O)CN(CC(C)C)C(=O)NC2CCCCC2)c1. The van der Waals surface area contributed by atoms with E-state index in [-0.39, 0.29) is 35.9 Å². The summed E-state index contributed by atoms with van der Waals surface area (Å²) in [6.07, 6.45) is 5.55. The van der Waals surface area contributed by atoms with Gasteiger partial charge in [-0.25, -0.2) is 9.48 Å². The average Bonchev–Trinajstić information content (AvgIpc) is 3.18. The molecule has 0 aliphatic heterocycles. The van der Waals surface area contributed by atoms with Crippen molar-refractivity contribution < 1.29 is 9.59 Å². The number of nitrogens with one attached hydrogen (secondary N) is 2. The molecule has 1 aromatic carbocycles. The number of hydrogen-bond acceptors (Lipinski definition) is 3. The van der Waals surface area contributed by atoms with Crippen LogP contribution >= 0.6 is 0 Å². The summed E-state index contributed by atoms with van der Waals surface area (Å²) in [5.74, 6) is 0.640. The smallest absolute Gasteiger partial charge is 0.318 e. The summed E-state index contributed by atoms with van der Waals surface area (Å²) < 4.78 is 1.78. The molecule has 0 spiro atoms. The van der Waals surface area contributed by atoms with Gasteiger partial charge >= 0.3 is 6.03 Å². The van der Waals surface area contributed by atoms with Crippen molar-refractivity contribution in [1.29, 1.82) is 0 Å². The van der Waals surface area contributed by atoms with Crippen LogP contribution in [-0.4, -0.2) is 45.8 Å². The van der Waals surface area contributed by atoms with Crippen LogP contribution in [0.15, 0.2) is 30.3 Å². The van der Waals surface area contributed by atoms with Gasteiger partial charge in [0.2, 0.25) is 5.91 Å². The lowest BCUT2D eigenvalue weighted by Gasteiger charge is -2.29. The van der Waals surface area contributed by atoms with Gasteiger partial charge < -0.3 is 15.5 Å². The molecule has 1 aliphatic carbocycles. The Kier molecular flexibility index (Phi) is 8.39. The standard InChI is InChI=1S/C27H41N5O2/c1-19(2)17-31(26(34)28-21-12-8-7-9-13-21)18-25(33)29-24-16-23(27(4,5)6)30-32(24)22-14-10-11-20(3)15-22/h10-11,14-16,19,21H,7-9,12-13,17-18H2,1-6H3,(H,28,34)(H,29,33). The quantitative estimate of drug-likeness (QED) is 0.571. The highest BCUT2D eigenvalue weighted by atomic mass is 16.2. The maximum absolute atomic E-state index is 13.1. The van der Waals surface area contributed by atoms with Gasteiger partial charge in [-0.2, -0.15) is 5.10 Å². The van der Waals surface area contributed by atoms with Gasteiger partial charge in [0.1, 0.15) is 12.4 Å². The van der Waals surface area contributed by atoms with Gasteiger partial charge in [-0.3, -0.25) is 4.79 Å². The highest BCUT2D eigenvalue weighted by Crippen LogP contribution is 2.26. The molecule has 7 heteroatoms. The highest BCUT2D eigenvalue weighted by molar-refractivity contribution is 5.94. The predicted molar refractivity (Wildman–Crippen MR) is 137 cm³/mol. The van der Waals surface area contributed by atoms with Crippen molar-refractivity contribution in [2.24, 2.45) is 5.92 Å². The molecule has 186 valence electrons. The molecular formula is C27H41N5O2. The Hall–Kier alpha value is -2.83. The van der Waals surface area contributed by atoms with Gasteiger partial charge in [0, 0.05) is 24.1 Å². The molecule has 0 radical (unpaired) electrons. The summed E-state index contributed by atoms with van der Waals surface area (Å²) in [6, 6.07) is 10.0. The molecule has 3 amide bonds. The van der Waals surface area contributed by atoms with Gasteiger partial charge in [0.15, 0.2) is 0 Å². The van der Waals surface area contributed by atoms with E-state index in [1.54, 1.807) is 9.58 Å². The van der Waals surface area contributed by atoms with Gasteiger partial charge in [-0.05, 0) is 43.4 Å². The largest absolute Gasteiger partial charge is 0.335 e. The Morgan fingerprint density at radius 1 is 1.15 bits per heavy atom. The van der Waals surface area contributed by atoms with Crippen LogP contribution < -0.4 is 10.6 Å². The molecule has 34 heavy (non-hydrogen) atoms. The average molecular weight is 468 g/mol. The molecule has 2 aromatic rings. The van der Waals surface area contributed by atoms with Crippen LogP contribution in [0.1, 0.15) is 78.0 Å². The molecule has 1 aromatic heterocycles. The summed E-state index contributed by atoms with van der Waals surface area (Å²) >= 11 is 0. The number of aromatic nitrogens is 2. The number of anilines is 1. The minimum Gasteiger partial charge on any atom is -0.335 e. The second kappa shape index (κ2) is 11.1. The molecule has 1 fully saturated rings. The first-order chi connectivity index (χ1) is 16.0. The summed E-state index contributed by atoms with van der Waals surface area (Å²) in [7, 11) is 0. The normalized spacial score (nSPS) is 14.8. The van der Waals surface area contributed by atoms with Gasteiger partial charge in [-0.1, -0.05) is 66.0 Å². The zero-order valence-corrected chi connectivity index (χ0v) is 21.6. The second-order valence-corrected chi connectivity index (χ2v) is 11.0. The fourth-order valence-electron chi connectivity index (χ4n) is 4.32. The third-order valence-corrected chi connectivity index (χ3v) is 6.13. The van der Waals surface area contributed by atoms with E-state index in [4.69, 9.17) is 5.10 Å². The van der Waals surface area contributed by atoms with E-state index in [2.05, 4.69) is 45.3 Å². The van der Waals surface area contributed by atoms with Crippen molar-refractivity contribution >= 4 is 17.8 Å². The number of aryl methyl sites for hydroxylation is 1. The molecule has 3 rings (SSSR count). The Labute approximate surface area is 204 Å². The zero-order chi connectivity index (χ0) is 24.9. The van der Waals surface area contributed by atoms with Crippen LogP contribution in [0.3, 0.4) is 0 Å². The lowest BCUT2D eigenvalue weighted by atomic mass is 9.92. The Morgan fingerprint density at radius 3 is 2.47 bits per heavy atom. The van der Waals surface area contributed by atoms with Crippen molar-refractivity contribution in [3.63, 3.8) is 0 Å². The summed E-state index contributed by atoms with van der Waals surface area (Å²) in [5, 5.41) is 11.0. The number of rotatable bonds is 7. The summed E-state index contributed by atoms with van der Waals surface area (Å²) in [4.78, 5) is 27.8. The van der Waals surface area contributed by atoms with Crippen LogP contribution in [0.25, 0.3) is 5.69 Å². The van der Waals surface area contributed by atoms with E-state index in [1.165, 1.54) is 6.42 Å². The number of benzene rings is 1. The maximum Gasteiger partial charge on any atom is 0.318 e. The first kappa shape index (κ1) is 25.8. The first-order valence-electron chi connectivity index (χ1n) is 12.6. The molecule has 7 nitrogen and oxygen atoms in total. The predicted octanol–water partition coefficient (Wildman–Crippen LogP) is 5.42. The lowest BCUT2D eigenvalue weighted by Crippen LogP contribution is -2.49. The summed E-state index contributed by atoms with van der Waals surface area (Å²) in [5.41, 5.74) is 2.72. The van der Waals surface area contributed by atoms with Crippen molar-refractivity contribution in [3.8, 4) is 5.69 Å². The van der Waals surface area contributed by atoms with E-state index >= 15 is 0 Å². The van der Waals surface area contributed by atoms with Crippen molar-refractivity contribution in [2.75, 3.05) is 18.4 Å². The fraction of sp³-hybridized carbons (Fsp3) is 0.593. The second-order valence-electron chi connectivity index (χ2n) is 11.0. The van der Waals surface area contributed by atoms with E-state index in [0.29, 0.717) is 12.4 Å². The Morgan fingerprint density at radius 2 is 1.85 bits per heavy atom. The molecule has 1 aliphatic rings. The maximum atomic E-state index is 13.1. The zero-order valence-electron chi connectivity index (χ0n) is 21.6. The van der Waals surface area contributed by atoms with Crippen molar-refractivity contribution in [3.05, 3.63) is 41.6 Å². The molecular weight excluding hydrogens is 426 g/mol. The fourth-order valence-corrected chi connectivity index (χ4v) is 4.32. The molecule has 0 bridgehead atoms. The molecule has 0 unspecified atom stereocenters. The Bertz CT molecular complexity index is 983. The number of urea groups is 1. The third kappa shape index (κ3) is 7.08.